The zero-order valence-corrected chi connectivity index (χ0v) is 12.6. The Morgan fingerprint density at radius 3 is 2.61 bits per heavy atom. The van der Waals surface area contributed by atoms with E-state index in [4.69, 9.17) is 16.5 Å². The van der Waals surface area contributed by atoms with Gasteiger partial charge in [-0.2, -0.15) is 0 Å². The number of carbonyl (C=O) groups is 1. The highest BCUT2D eigenvalue weighted by Gasteiger charge is 2.12. The molecule has 1 atom stereocenters. The lowest BCUT2D eigenvalue weighted by Gasteiger charge is -2.16. The average Bonchev–Trinajstić information content (AvgIpc) is 2.28. The first-order valence-corrected chi connectivity index (χ1v) is 8.80. The van der Waals surface area contributed by atoms with E-state index in [1.807, 2.05) is 24.3 Å². The van der Waals surface area contributed by atoms with Gasteiger partial charge in [0.2, 0.25) is 12.5 Å². The van der Waals surface area contributed by atoms with Crippen LogP contribution in [0.1, 0.15) is 6.92 Å². The van der Waals surface area contributed by atoms with E-state index in [9.17, 15) is 9.69 Å². The molecule has 0 radical (unpaired) electrons. The molecule has 8 heteroatoms. The third-order valence-corrected chi connectivity index (χ3v) is 4.86. The van der Waals surface area contributed by atoms with Crippen molar-refractivity contribution in [3.8, 4) is 5.75 Å². The predicted molar refractivity (Wildman–Crippen MR) is 77.2 cm³/mol. The summed E-state index contributed by atoms with van der Waals surface area (Å²) in [5, 5.41) is 5.07. The van der Waals surface area contributed by atoms with Crippen molar-refractivity contribution in [3.05, 3.63) is 24.3 Å². The van der Waals surface area contributed by atoms with E-state index < -0.39 is 6.57 Å². The van der Waals surface area contributed by atoms with Gasteiger partial charge in [-0.1, -0.05) is 0 Å². The lowest BCUT2D eigenvalue weighted by molar-refractivity contribution is -0.117. The van der Waals surface area contributed by atoms with E-state index in [-0.39, 0.29) is 5.91 Å². The molecule has 1 rings (SSSR count). The molecule has 0 fully saturated rings. The molecule has 0 saturated heterocycles. The lowest BCUT2D eigenvalue weighted by Crippen LogP contribution is -2.25. The topological polar surface area (TPSA) is 70.6 Å². The lowest BCUT2D eigenvalue weighted by atomic mass is 10.3. The number of rotatable bonds is 6. The highest BCUT2D eigenvalue weighted by molar-refractivity contribution is 8.10. The number of hydrogen-bond acceptors (Lipinski definition) is 4. The minimum atomic E-state index is -2.96. The average molecular weight is 306 g/mol. The Morgan fingerprint density at radius 1 is 1.50 bits per heavy atom. The van der Waals surface area contributed by atoms with Crippen molar-refractivity contribution in [2.75, 3.05) is 13.0 Å². The maximum atomic E-state index is 10.8. The monoisotopic (exact) mass is 306 g/mol. The molecule has 1 aromatic rings. The molecular weight excluding hydrogens is 291 g/mol. The number of thioether (sulfide) groups is 1. The fraction of sp³-hybridized carbons (Fsp3) is 0.300. The van der Waals surface area contributed by atoms with E-state index >= 15 is 0 Å². The first-order chi connectivity index (χ1) is 8.43. The molecule has 0 aliphatic heterocycles. The van der Waals surface area contributed by atoms with Crippen molar-refractivity contribution >= 4 is 36.0 Å². The molecule has 5 nitrogen and oxygen atoms in total. The molecule has 0 spiro atoms. The van der Waals surface area contributed by atoms with Crippen LogP contribution < -0.4 is 14.9 Å². The third-order valence-electron chi connectivity index (χ3n) is 1.89. The van der Waals surface area contributed by atoms with Gasteiger partial charge in [0.05, 0.1) is 13.0 Å². The van der Waals surface area contributed by atoms with E-state index in [1.54, 1.807) is 7.11 Å². The molecule has 0 heterocycles. The summed E-state index contributed by atoms with van der Waals surface area (Å²) in [4.78, 5) is 21.5. The van der Waals surface area contributed by atoms with Gasteiger partial charge in [-0.05, 0) is 36.1 Å². The molecule has 1 amide bonds. The van der Waals surface area contributed by atoms with Crippen LogP contribution in [0, 0.1) is 0 Å². The molecule has 0 aromatic heterocycles. The summed E-state index contributed by atoms with van der Waals surface area (Å²) in [5.41, 5.74) is 0. The molecule has 0 saturated carbocycles. The number of ether oxygens (including phenoxy) is 1. The number of nitrogens with one attached hydrogen (secondary N) is 2. The first-order valence-electron chi connectivity index (χ1n) is 5.06. The van der Waals surface area contributed by atoms with Crippen LogP contribution >= 0.6 is 18.3 Å². The highest BCUT2D eigenvalue weighted by atomic mass is 32.4. The Kier molecular flexibility index (Phi) is 6.11. The molecule has 1 unspecified atom stereocenters. The predicted octanol–water partition coefficient (Wildman–Crippen LogP) is 1.69. The van der Waals surface area contributed by atoms with Gasteiger partial charge in [-0.15, -0.1) is 11.8 Å². The quantitative estimate of drug-likeness (QED) is 0.422. The Bertz CT molecular complexity index is 453. The van der Waals surface area contributed by atoms with Crippen molar-refractivity contribution in [2.45, 2.75) is 11.8 Å². The largest absolute Gasteiger partial charge is 0.497 e. The minimum Gasteiger partial charge on any atom is -0.497 e. The highest BCUT2D eigenvalue weighted by Crippen LogP contribution is 2.31. The molecule has 0 aliphatic carbocycles. The molecule has 1 aromatic carbocycles. The van der Waals surface area contributed by atoms with Crippen LogP contribution in [-0.2, 0) is 16.6 Å². The number of carbonyl (C=O) groups excluding carboxylic acids is 1. The molecule has 100 valence electrons. The van der Waals surface area contributed by atoms with Crippen LogP contribution in [-0.4, -0.2) is 23.8 Å². The third kappa shape index (κ3) is 5.84. The van der Waals surface area contributed by atoms with E-state index in [0.717, 1.165) is 10.6 Å². The Labute approximate surface area is 116 Å². The second kappa shape index (κ2) is 7.11. The van der Waals surface area contributed by atoms with Gasteiger partial charge >= 0.3 is 0 Å². The van der Waals surface area contributed by atoms with Crippen LogP contribution in [0.2, 0.25) is 0 Å². The van der Waals surface area contributed by atoms with Crippen LogP contribution in [0.3, 0.4) is 0 Å². The van der Waals surface area contributed by atoms with Gasteiger partial charge in [-0.3, -0.25) is 9.88 Å². The summed E-state index contributed by atoms with van der Waals surface area (Å²) in [5.74, 6) is 0.862. The van der Waals surface area contributed by atoms with Gasteiger partial charge in [0.15, 0.2) is 0 Å². The first kappa shape index (κ1) is 15.5. The van der Waals surface area contributed by atoms with Crippen molar-refractivity contribution in [2.24, 2.45) is 0 Å². The maximum Gasteiger partial charge on any atom is 0.223 e. The summed E-state index contributed by atoms with van der Waals surface area (Å²) in [6.45, 7) is -1.65. The van der Waals surface area contributed by atoms with Gasteiger partial charge in [0.25, 0.3) is 0 Å². The minimum absolute atomic E-state index is 0.345. The molecule has 3 N–H and O–H groups in total. The standard InChI is InChI=1S/C10H15N2O3PS2/c1-8(13)12-16(14,17)11-7-18-10-5-3-9(15-2)4-6-10/h3-6H,7H2,1-2H3,(H3,11,12,13,14,17). The van der Waals surface area contributed by atoms with Crippen LogP contribution in [0.15, 0.2) is 29.2 Å². The van der Waals surface area contributed by atoms with Crippen LogP contribution in [0.25, 0.3) is 0 Å². The Balaban J connectivity index is 2.41. The summed E-state index contributed by atoms with van der Waals surface area (Å²) in [6.07, 6.45) is 0. The summed E-state index contributed by atoms with van der Waals surface area (Å²) in [6, 6.07) is 7.52. The Hall–Kier alpha value is -0.590. The number of hydrogen-bond donors (Lipinski definition) is 3. The van der Waals surface area contributed by atoms with Crippen molar-refractivity contribution < 1.29 is 14.4 Å². The number of benzene rings is 1. The molecular formula is C10H15N2O3PS2. The normalized spacial score (nSPS) is 13.7. The second-order valence-corrected chi connectivity index (χ2v) is 7.69. The zero-order valence-electron chi connectivity index (χ0n) is 10.0. The van der Waals surface area contributed by atoms with Crippen LogP contribution in [0.4, 0.5) is 0 Å². The van der Waals surface area contributed by atoms with E-state index in [2.05, 4.69) is 10.2 Å². The Morgan fingerprint density at radius 2 is 2.11 bits per heavy atom. The van der Waals surface area contributed by atoms with Crippen molar-refractivity contribution in [1.82, 2.24) is 10.2 Å². The fourth-order valence-electron chi connectivity index (χ4n) is 1.13. The summed E-state index contributed by atoms with van der Waals surface area (Å²) < 4.78 is 5.05. The second-order valence-electron chi connectivity index (χ2n) is 3.37. The number of methoxy groups -OCH3 is 1. The van der Waals surface area contributed by atoms with Gasteiger partial charge in [0.1, 0.15) is 5.75 Å². The van der Waals surface area contributed by atoms with Crippen molar-refractivity contribution in [1.29, 1.82) is 0 Å². The zero-order chi connectivity index (χ0) is 13.6. The van der Waals surface area contributed by atoms with E-state index in [1.165, 1.54) is 18.7 Å². The smallest absolute Gasteiger partial charge is 0.223 e. The van der Waals surface area contributed by atoms with Gasteiger partial charge in [0, 0.05) is 11.8 Å². The van der Waals surface area contributed by atoms with Crippen LogP contribution in [0.5, 0.6) is 5.75 Å². The SMILES string of the molecule is COc1ccc(SCNP(O)(=S)NC(C)=O)cc1. The summed E-state index contributed by atoms with van der Waals surface area (Å²) >= 11 is 6.34. The number of amides is 1. The summed E-state index contributed by atoms with van der Waals surface area (Å²) in [7, 11) is 1.61. The van der Waals surface area contributed by atoms with Gasteiger partial charge < -0.3 is 9.63 Å². The molecule has 0 bridgehead atoms. The molecule has 18 heavy (non-hydrogen) atoms. The van der Waals surface area contributed by atoms with Crippen molar-refractivity contribution in [3.63, 3.8) is 0 Å². The van der Waals surface area contributed by atoms with Gasteiger partial charge in [-0.25, -0.2) is 5.09 Å². The van der Waals surface area contributed by atoms with E-state index in [0.29, 0.717) is 5.88 Å². The fourth-order valence-corrected chi connectivity index (χ4v) is 3.95. The molecule has 0 aliphatic rings. The maximum absolute atomic E-state index is 10.8.